The lowest BCUT2D eigenvalue weighted by Crippen LogP contribution is -2.21. The van der Waals surface area contributed by atoms with Crippen molar-refractivity contribution in [2.45, 2.75) is 13.3 Å². The second-order valence-corrected chi connectivity index (χ2v) is 5.40. The van der Waals surface area contributed by atoms with E-state index in [0.717, 1.165) is 0 Å². The van der Waals surface area contributed by atoms with Crippen LogP contribution in [0.2, 0.25) is 0 Å². The Morgan fingerprint density at radius 2 is 2.11 bits per heavy atom. The molecule has 0 spiro atoms. The zero-order valence-corrected chi connectivity index (χ0v) is 14.6. The van der Waals surface area contributed by atoms with Gasteiger partial charge in [0, 0.05) is 24.2 Å². The zero-order valence-electron chi connectivity index (χ0n) is 14.6. The number of rotatable bonds is 7. The highest BCUT2D eigenvalue weighted by Crippen LogP contribution is 2.29. The summed E-state index contributed by atoms with van der Waals surface area (Å²) in [5, 5.41) is 17.2. The number of pyridine rings is 1. The molecule has 2 N–H and O–H groups in total. The standard InChI is InChI=1S/C17H17N5O5/c1-11(20-21-17(24)12-4-3-7-18-10-12)8-16(23)19-14-6-5-13(22(25)26)9-15(14)27-2/h3-7,9-10H,8H2,1-2H3,(H,19,23)(H,21,24). The molecule has 10 nitrogen and oxygen atoms in total. The van der Waals surface area contributed by atoms with Crippen molar-refractivity contribution in [1.82, 2.24) is 10.4 Å². The summed E-state index contributed by atoms with van der Waals surface area (Å²) in [7, 11) is 1.34. The van der Waals surface area contributed by atoms with Gasteiger partial charge in [0.1, 0.15) is 5.75 Å². The first-order chi connectivity index (χ1) is 12.9. The molecule has 1 aromatic carbocycles. The van der Waals surface area contributed by atoms with E-state index >= 15 is 0 Å². The number of hydrogen-bond donors (Lipinski definition) is 2. The fourth-order valence-electron chi connectivity index (χ4n) is 2.07. The van der Waals surface area contributed by atoms with E-state index in [9.17, 15) is 19.7 Å². The number of hydrazone groups is 1. The van der Waals surface area contributed by atoms with Crippen LogP contribution in [0.3, 0.4) is 0 Å². The number of carbonyl (C=O) groups is 2. The van der Waals surface area contributed by atoms with E-state index in [2.05, 4.69) is 20.8 Å². The summed E-state index contributed by atoms with van der Waals surface area (Å²) >= 11 is 0. The van der Waals surface area contributed by atoms with Crippen molar-refractivity contribution < 1.29 is 19.2 Å². The number of hydrogen-bond acceptors (Lipinski definition) is 7. The lowest BCUT2D eigenvalue weighted by atomic mass is 10.2. The van der Waals surface area contributed by atoms with Crippen LogP contribution in [0.25, 0.3) is 0 Å². The number of nitro benzene ring substituents is 1. The van der Waals surface area contributed by atoms with Crippen LogP contribution in [0.4, 0.5) is 11.4 Å². The Kier molecular flexibility index (Phi) is 6.53. The first kappa shape index (κ1) is 19.5. The molecule has 2 rings (SSSR count). The van der Waals surface area contributed by atoms with Gasteiger partial charge in [0.2, 0.25) is 5.91 Å². The molecule has 0 fully saturated rings. The van der Waals surface area contributed by atoms with Crippen molar-refractivity contribution in [2.24, 2.45) is 5.10 Å². The molecule has 27 heavy (non-hydrogen) atoms. The number of nitrogens with one attached hydrogen (secondary N) is 2. The fraction of sp³-hybridized carbons (Fsp3) is 0.176. The second kappa shape index (κ2) is 9.04. The van der Waals surface area contributed by atoms with Crippen molar-refractivity contribution in [3.8, 4) is 5.75 Å². The van der Waals surface area contributed by atoms with E-state index in [-0.39, 0.29) is 17.9 Å². The number of nitrogens with zero attached hydrogens (tertiary/aromatic N) is 3. The summed E-state index contributed by atoms with van der Waals surface area (Å²) in [6, 6.07) is 7.06. The molecule has 0 aliphatic rings. The quantitative estimate of drug-likeness (QED) is 0.435. The SMILES string of the molecule is COc1cc([N+](=O)[O-])ccc1NC(=O)CC(C)=NNC(=O)c1cccnc1. The Labute approximate surface area is 154 Å². The van der Waals surface area contributed by atoms with Gasteiger partial charge in [-0.1, -0.05) is 0 Å². The molecular formula is C17H17N5O5. The third kappa shape index (κ3) is 5.59. The van der Waals surface area contributed by atoms with E-state index in [4.69, 9.17) is 4.74 Å². The molecule has 0 aliphatic carbocycles. The van der Waals surface area contributed by atoms with Gasteiger partial charge in [-0.25, -0.2) is 5.43 Å². The Morgan fingerprint density at radius 1 is 1.33 bits per heavy atom. The van der Waals surface area contributed by atoms with Gasteiger partial charge in [-0.3, -0.25) is 24.7 Å². The van der Waals surface area contributed by atoms with Crippen LogP contribution in [0, 0.1) is 10.1 Å². The topological polar surface area (TPSA) is 136 Å². The monoisotopic (exact) mass is 371 g/mol. The molecular weight excluding hydrogens is 354 g/mol. The average molecular weight is 371 g/mol. The molecule has 10 heteroatoms. The number of anilines is 1. The molecule has 0 unspecified atom stereocenters. The van der Waals surface area contributed by atoms with E-state index in [1.807, 2.05) is 0 Å². The number of nitro groups is 1. The van der Waals surface area contributed by atoms with Gasteiger partial charge in [0.05, 0.1) is 35.8 Å². The third-order valence-corrected chi connectivity index (χ3v) is 3.36. The van der Waals surface area contributed by atoms with Crippen molar-refractivity contribution in [1.29, 1.82) is 0 Å². The van der Waals surface area contributed by atoms with Gasteiger partial charge in [-0.15, -0.1) is 0 Å². The molecule has 2 amide bonds. The lowest BCUT2D eigenvalue weighted by molar-refractivity contribution is -0.384. The van der Waals surface area contributed by atoms with E-state index in [0.29, 0.717) is 17.0 Å². The molecule has 1 heterocycles. The normalized spacial score (nSPS) is 10.8. The minimum absolute atomic E-state index is 0.0898. The number of aromatic nitrogens is 1. The first-order valence-electron chi connectivity index (χ1n) is 7.76. The number of amides is 2. The van der Waals surface area contributed by atoms with E-state index < -0.39 is 16.7 Å². The summed E-state index contributed by atoms with van der Waals surface area (Å²) in [6.45, 7) is 1.58. The van der Waals surface area contributed by atoms with Gasteiger partial charge in [-0.05, 0) is 25.1 Å². The van der Waals surface area contributed by atoms with Crippen molar-refractivity contribution >= 4 is 28.9 Å². The predicted octanol–water partition coefficient (Wildman–Crippen LogP) is 2.13. The molecule has 0 aliphatic heterocycles. The summed E-state index contributed by atoms with van der Waals surface area (Å²) < 4.78 is 5.06. The minimum atomic E-state index is -0.560. The first-order valence-corrected chi connectivity index (χ1v) is 7.76. The summed E-state index contributed by atoms with van der Waals surface area (Å²) in [5.41, 5.74) is 3.19. The van der Waals surface area contributed by atoms with Gasteiger partial charge in [0.15, 0.2) is 0 Å². The molecule has 2 aromatic rings. The summed E-state index contributed by atoms with van der Waals surface area (Å²) in [5.74, 6) is -0.698. The van der Waals surface area contributed by atoms with Crippen LogP contribution in [0.1, 0.15) is 23.7 Å². The van der Waals surface area contributed by atoms with Crippen LogP contribution >= 0.6 is 0 Å². The van der Waals surface area contributed by atoms with Crippen molar-refractivity contribution in [3.05, 3.63) is 58.4 Å². The number of non-ortho nitro benzene ring substituents is 1. The maximum atomic E-state index is 12.1. The molecule has 0 radical (unpaired) electrons. The minimum Gasteiger partial charge on any atom is -0.494 e. The van der Waals surface area contributed by atoms with Crippen molar-refractivity contribution in [3.63, 3.8) is 0 Å². The highest BCUT2D eigenvalue weighted by atomic mass is 16.6. The highest BCUT2D eigenvalue weighted by molar-refractivity contribution is 6.06. The van der Waals surface area contributed by atoms with Gasteiger partial charge < -0.3 is 10.1 Å². The number of methoxy groups -OCH3 is 1. The second-order valence-electron chi connectivity index (χ2n) is 5.40. The van der Waals surface area contributed by atoms with Gasteiger partial charge >= 0.3 is 0 Å². The third-order valence-electron chi connectivity index (χ3n) is 3.36. The van der Waals surface area contributed by atoms with E-state index in [1.165, 1.54) is 31.5 Å². The Hall–Kier alpha value is -3.82. The summed E-state index contributed by atoms with van der Waals surface area (Å²) in [6.07, 6.45) is 2.85. The largest absolute Gasteiger partial charge is 0.494 e. The van der Waals surface area contributed by atoms with E-state index in [1.54, 1.807) is 25.3 Å². The lowest BCUT2D eigenvalue weighted by Gasteiger charge is -2.10. The number of benzene rings is 1. The molecule has 140 valence electrons. The summed E-state index contributed by atoms with van der Waals surface area (Å²) in [4.78, 5) is 38.0. The van der Waals surface area contributed by atoms with Gasteiger partial charge in [0.25, 0.3) is 11.6 Å². The average Bonchev–Trinajstić information content (AvgIpc) is 2.66. The molecule has 0 saturated carbocycles. The zero-order chi connectivity index (χ0) is 19.8. The maximum Gasteiger partial charge on any atom is 0.273 e. The molecule has 1 aromatic heterocycles. The maximum absolute atomic E-state index is 12.1. The Morgan fingerprint density at radius 3 is 2.74 bits per heavy atom. The predicted molar refractivity (Wildman–Crippen MR) is 97.7 cm³/mol. The highest BCUT2D eigenvalue weighted by Gasteiger charge is 2.14. The van der Waals surface area contributed by atoms with Crippen LogP contribution in [-0.4, -0.2) is 34.5 Å². The smallest absolute Gasteiger partial charge is 0.273 e. The molecule has 0 saturated heterocycles. The van der Waals surface area contributed by atoms with Crippen LogP contribution in [0.15, 0.2) is 47.8 Å². The molecule has 0 atom stereocenters. The number of carbonyl (C=O) groups excluding carboxylic acids is 2. The van der Waals surface area contributed by atoms with Crippen LogP contribution in [-0.2, 0) is 4.79 Å². The van der Waals surface area contributed by atoms with Crippen LogP contribution in [0.5, 0.6) is 5.75 Å². The Balaban J connectivity index is 1.96. The molecule has 0 bridgehead atoms. The van der Waals surface area contributed by atoms with Crippen LogP contribution < -0.4 is 15.5 Å². The van der Waals surface area contributed by atoms with Gasteiger partial charge in [-0.2, -0.15) is 5.10 Å². The van der Waals surface area contributed by atoms with Crippen molar-refractivity contribution in [2.75, 3.05) is 12.4 Å². The Bertz CT molecular complexity index is 883. The number of ether oxygens (including phenoxy) is 1. The fourth-order valence-corrected chi connectivity index (χ4v) is 2.07.